The van der Waals surface area contributed by atoms with Gasteiger partial charge < -0.3 is 10.1 Å². The molecule has 0 radical (unpaired) electrons. The maximum atomic E-state index is 13.8. The summed E-state index contributed by atoms with van der Waals surface area (Å²) >= 11 is 0. The van der Waals surface area contributed by atoms with Crippen molar-refractivity contribution in [2.24, 2.45) is 0 Å². The van der Waals surface area contributed by atoms with Gasteiger partial charge in [-0.15, -0.1) is 0 Å². The van der Waals surface area contributed by atoms with Crippen LogP contribution in [0.3, 0.4) is 0 Å². The molecule has 3 aromatic carbocycles. The lowest BCUT2D eigenvalue weighted by Crippen LogP contribution is -2.38. The van der Waals surface area contributed by atoms with Crippen LogP contribution in [-0.4, -0.2) is 18.8 Å². The standard InChI is InChI=1S/C29H28N2O3/c1-3-27(33)31-25-12-8-7-11-23(25)30-24-17-21(19-9-5-4-6-10-19)18-26(32)28(24)29(31)20-13-15-22(34-2)16-14-20/h4-16,21,29-30H,3,17-18H2,1-2H3/t21-,29+/m0/s1. The number of ketones is 1. The van der Waals surface area contributed by atoms with Crippen LogP contribution in [0.1, 0.15) is 49.3 Å². The third-order valence-corrected chi connectivity index (χ3v) is 6.76. The second-order valence-corrected chi connectivity index (χ2v) is 8.77. The summed E-state index contributed by atoms with van der Waals surface area (Å²) in [5.74, 6) is 0.876. The highest BCUT2D eigenvalue weighted by Crippen LogP contribution is 2.47. The Hall–Kier alpha value is -3.86. The van der Waals surface area contributed by atoms with Gasteiger partial charge in [0.2, 0.25) is 5.91 Å². The van der Waals surface area contributed by atoms with E-state index in [0.29, 0.717) is 24.8 Å². The van der Waals surface area contributed by atoms with Crippen molar-refractivity contribution in [3.63, 3.8) is 0 Å². The van der Waals surface area contributed by atoms with Crippen molar-refractivity contribution in [3.8, 4) is 5.75 Å². The van der Waals surface area contributed by atoms with Crippen molar-refractivity contribution in [2.75, 3.05) is 17.3 Å². The molecular weight excluding hydrogens is 424 g/mol. The van der Waals surface area contributed by atoms with Gasteiger partial charge in [-0.05, 0) is 47.7 Å². The van der Waals surface area contributed by atoms with Crippen LogP contribution in [-0.2, 0) is 9.59 Å². The molecule has 2 aliphatic rings. The number of carbonyl (C=O) groups is 2. The van der Waals surface area contributed by atoms with E-state index in [-0.39, 0.29) is 17.6 Å². The molecule has 1 N–H and O–H groups in total. The van der Waals surface area contributed by atoms with Gasteiger partial charge in [0.05, 0.1) is 24.5 Å². The zero-order chi connectivity index (χ0) is 23.7. The number of hydrogen-bond acceptors (Lipinski definition) is 4. The number of ether oxygens (including phenoxy) is 1. The summed E-state index contributed by atoms with van der Waals surface area (Å²) in [6.45, 7) is 1.86. The summed E-state index contributed by atoms with van der Waals surface area (Å²) in [6, 6.07) is 25.2. The SMILES string of the molecule is CCC(=O)N1c2ccccc2NC2=C(C(=O)C[C@@H](c3ccccc3)C2)[C@H]1c1ccc(OC)cc1. The van der Waals surface area contributed by atoms with Crippen molar-refractivity contribution in [3.05, 3.63) is 101 Å². The number of amides is 1. The minimum absolute atomic E-state index is 0.0261. The number of para-hydroxylation sites is 2. The Labute approximate surface area is 200 Å². The Morgan fingerprint density at radius 3 is 2.35 bits per heavy atom. The summed E-state index contributed by atoms with van der Waals surface area (Å²) in [5, 5.41) is 3.56. The van der Waals surface area contributed by atoms with Crippen molar-refractivity contribution in [1.29, 1.82) is 0 Å². The molecule has 0 fully saturated rings. The van der Waals surface area contributed by atoms with E-state index in [9.17, 15) is 9.59 Å². The molecule has 1 aliphatic carbocycles. The maximum Gasteiger partial charge on any atom is 0.227 e. The van der Waals surface area contributed by atoms with E-state index in [0.717, 1.165) is 33.9 Å². The number of carbonyl (C=O) groups excluding carboxylic acids is 2. The van der Waals surface area contributed by atoms with Crippen molar-refractivity contribution >= 4 is 23.1 Å². The second-order valence-electron chi connectivity index (χ2n) is 8.77. The first-order valence-electron chi connectivity index (χ1n) is 11.7. The molecule has 0 saturated heterocycles. The molecule has 0 aromatic heterocycles. The maximum absolute atomic E-state index is 13.8. The first-order valence-corrected chi connectivity index (χ1v) is 11.7. The highest BCUT2D eigenvalue weighted by molar-refractivity contribution is 6.06. The van der Waals surface area contributed by atoms with Gasteiger partial charge in [0.25, 0.3) is 0 Å². The molecule has 3 aromatic rings. The normalized spacial score (nSPS) is 19.6. The Morgan fingerprint density at radius 1 is 0.941 bits per heavy atom. The monoisotopic (exact) mass is 452 g/mol. The largest absolute Gasteiger partial charge is 0.497 e. The Bertz CT molecular complexity index is 1250. The van der Waals surface area contributed by atoms with Crippen molar-refractivity contribution in [1.82, 2.24) is 0 Å². The number of fused-ring (bicyclic) bond motifs is 1. The summed E-state index contributed by atoms with van der Waals surface area (Å²) in [7, 11) is 1.63. The molecule has 1 heterocycles. The van der Waals surface area contributed by atoms with E-state index in [1.165, 1.54) is 0 Å². The molecule has 34 heavy (non-hydrogen) atoms. The summed E-state index contributed by atoms with van der Waals surface area (Å²) in [4.78, 5) is 29.0. The van der Waals surface area contributed by atoms with E-state index in [1.807, 2.05) is 73.7 Å². The highest BCUT2D eigenvalue weighted by atomic mass is 16.5. The number of benzene rings is 3. The molecule has 0 spiro atoms. The van der Waals surface area contributed by atoms with E-state index in [2.05, 4.69) is 17.4 Å². The predicted molar refractivity (Wildman–Crippen MR) is 134 cm³/mol. The average molecular weight is 453 g/mol. The van der Waals surface area contributed by atoms with Crippen LogP contribution in [0, 0.1) is 0 Å². The lowest BCUT2D eigenvalue weighted by molar-refractivity contribution is -0.119. The molecule has 5 heteroatoms. The molecular formula is C29H28N2O3. The second kappa shape index (κ2) is 9.18. The first kappa shape index (κ1) is 22.0. The summed E-state index contributed by atoms with van der Waals surface area (Å²) in [5.41, 5.74) is 5.24. The minimum atomic E-state index is -0.506. The number of methoxy groups -OCH3 is 1. The number of nitrogens with zero attached hydrogens (tertiary/aromatic N) is 1. The van der Waals surface area contributed by atoms with Crippen LogP contribution in [0.5, 0.6) is 5.75 Å². The Balaban J connectivity index is 1.70. The summed E-state index contributed by atoms with van der Waals surface area (Å²) < 4.78 is 5.35. The van der Waals surface area contributed by atoms with E-state index in [4.69, 9.17) is 4.74 Å². The van der Waals surface area contributed by atoms with E-state index in [1.54, 1.807) is 12.0 Å². The average Bonchev–Trinajstić information content (AvgIpc) is 3.03. The number of Topliss-reactive ketones (excluding diaryl/α,β-unsaturated/α-hetero) is 1. The fraction of sp³-hybridized carbons (Fsp3) is 0.241. The van der Waals surface area contributed by atoms with Crippen LogP contribution in [0.15, 0.2) is 90.1 Å². The third kappa shape index (κ3) is 3.87. The van der Waals surface area contributed by atoms with E-state index < -0.39 is 6.04 Å². The topological polar surface area (TPSA) is 58.6 Å². The highest BCUT2D eigenvalue weighted by Gasteiger charge is 2.41. The molecule has 0 saturated carbocycles. The molecule has 0 unspecified atom stereocenters. The van der Waals surface area contributed by atoms with Crippen molar-refractivity contribution < 1.29 is 14.3 Å². The van der Waals surface area contributed by atoms with Gasteiger partial charge in [-0.25, -0.2) is 0 Å². The Kier molecular flexibility index (Phi) is 5.93. The van der Waals surface area contributed by atoms with Gasteiger partial charge in [0, 0.05) is 24.1 Å². The number of rotatable bonds is 4. The van der Waals surface area contributed by atoms with Crippen LogP contribution in [0.2, 0.25) is 0 Å². The van der Waals surface area contributed by atoms with Crippen LogP contribution in [0.4, 0.5) is 11.4 Å². The predicted octanol–water partition coefficient (Wildman–Crippen LogP) is 6.01. The minimum Gasteiger partial charge on any atom is -0.497 e. The van der Waals surface area contributed by atoms with Crippen LogP contribution >= 0.6 is 0 Å². The molecule has 1 aliphatic heterocycles. The molecule has 2 atom stereocenters. The first-order chi connectivity index (χ1) is 16.6. The smallest absolute Gasteiger partial charge is 0.227 e. The van der Waals surface area contributed by atoms with Gasteiger partial charge in [-0.1, -0.05) is 61.5 Å². The fourth-order valence-corrected chi connectivity index (χ4v) is 5.10. The number of nitrogens with one attached hydrogen (secondary N) is 1. The van der Waals surface area contributed by atoms with Gasteiger partial charge >= 0.3 is 0 Å². The Morgan fingerprint density at radius 2 is 1.65 bits per heavy atom. The number of allylic oxidation sites excluding steroid dienone is 1. The fourth-order valence-electron chi connectivity index (χ4n) is 5.10. The lowest BCUT2D eigenvalue weighted by Gasteiger charge is -2.35. The van der Waals surface area contributed by atoms with Crippen molar-refractivity contribution in [2.45, 2.75) is 38.1 Å². The van der Waals surface area contributed by atoms with Gasteiger partial charge in [-0.3, -0.25) is 14.5 Å². The number of hydrogen-bond donors (Lipinski definition) is 1. The van der Waals surface area contributed by atoms with Gasteiger partial charge in [0.15, 0.2) is 5.78 Å². The zero-order valence-corrected chi connectivity index (χ0v) is 19.5. The zero-order valence-electron chi connectivity index (χ0n) is 19.5. The lowest BCUT2D eigenvalue weighted by atomic mass is 9.78. The molecule has 5 nitrogen and oxygen atoms in total. The van der Waals surface area contributed by atoms with Crippen LogP contribution < -0.4 is 15.0 Å². The van der Waals surface area contributed by atoms with Gasteiger partial charge in [0.1, 0.15) is 5.75 Å². The quantitative estimate of drug-likeness (QED) is 0.527. The number of anilines is 2. The van der Waals surface area contributed by atoms with E-state index >= 15 is 0 Å². The summed E-state index contributed by atoms with van der Waals surface area (Å²) in [6.07, 6.45) is 1.46. The van der Waals surface area contributed by atoms with Crippen LogP contribution in [0.25, 0.3) is 0 Å². The molecule has 0 bridgehead atoms. The molecule has 5 rings (SSSR count). The molecule has 172 valence electrons. The van der Waals surface area contributed by atoms with Gasteiger partial charge in [-0.2, -0.15) is 0 Å². The molecule has 1 amide bonds. The third-order valence-electron chi connectivity index (χ3n) is 6.76.